The molecule has 0 aromatic heterocycles. The molecular formula is C15H18Br2Cl3N3OS. The number of thiocarbonyl (C=S) groups is 1. The zero-order valence-electron chi connectivity index (χ0n) is 13.6. The smallest absolute Gasteiger partial charge is 0.228 e. The first-order valence-corrected chi connectivity index (χ1v) is 10.6. The van der Waals surface area contributed by atoms with E-state index in [4.69, 9.17) is 47.0 Å². The quantitative estimate of drug-likeness (QED) is 0.236. The van der Waals surface area contributed by atoms with E-state index >= 15 is 0 Å². The van der Waals surface area contributed by atoms with Crippen molar-refractivity contribution >= 4 is 95.6 Å². The topological polar surface area (TPSA) is 53.2 Å². The van der Waals surface area contributed by atoms with Crippen molar-refractivity contribution in [2.24, 2.45) is 0 Å². The van der Waals surface area contributed by atoms with E-state index in [1.165, 1.54) is 0 Å². The second-order valence-electron chi connectivity index (χ2n) is 5.35. The van der Waals surface area contributed by atoms with Crippen molar-refractivity contribution in [3.05, 3.63) is 26.6 Å². The van der Waals surface area contributed by atoms with Gasteiger partial charge in [0.1, 0.15) is 6.17 Å². The summed E-state index contributed by atoms with van der Waals surface area (Å²) < 4.78 is -0.128. The lowest BCUT2D eigenvalue weighted by molar-refractivity contribution is -0.122. The summed E-state index contributed by atoms with van der Waals surface area (Å²) in [6.45, 7) is 3.97. The lowest BCUT2D eigenvalue weighted by Gasteiger charge is -2.28. The molecule has 0 saturated heterocycles. The number of hydrogen-bond donors (Lipinski definition) is 3. The van der Waals surface area contributed by atoms with E-state index in [9.17, 15) is 4.79 Å². The summed E-state index contributed by atoms with van der Waals surface area (Å²) in [4.78, 5) is 11.9. The maximum atomic E-state index is 11.9. The number of carbonyl (C=O) groups excluding carboxylic acids is 1. The molecule has 0 aliphatic heterocycles. The Morgan fingerprint density at radius 1 is 1.24 bits per heavy atom. The van der Waals surface area contributed by atoms with Gasteiger partial charge in [0.2, 0.25) is 9.70 Å². The van der Waals surface area contributed by atoms with Gasteiger partial charge in [0.05, 0.1) is 5.69 Å². The predicted molar refractivity (Wildman–Crippen MR) is 118 cm³/mol. The van der Waals surface area contributed by atoms with Crippen LogP contribution in [0.15, 0.2) is 21.1 Å². The summed E-state index contributed by atoms with van der Waals surface area (Å²) in [6, 6.07) is 3.88. The summed E-state index contributed by atoms with van der Waals surface area (Å²) in [5.41, 5.74) is 1.80. The zero-order chi connectivity index (χ0) is 19.2. The molecule has 3 N–H and O–H groups in total. The van der Waals surface area contributed by atoms with E-state index in [1.54, 1.807) is 0 Å². The first-order chi connectivity index (χ1) is 11.5. The van der Waals surface area contributed by atoms with Crippen LogP contribution in [0.25, 0.3) is 0 Å². The minimum Gasteiger partial charge on any atom is -0.339 e. The Morgan fingerprint density at radius 2 is 1.80 bits per heavy atom. The summed E-state index contributed by atoms with van der Waals surface area (Å²) in [6.07, 6.45) is 1.04. The molecule has 25 heavy (non-hydrogen) atoms. The number of carbonyl (C=O) groups is 1. The molecule has 1 amide bonds. The summed E-state index contributed by atoms with van der Waals surface area (Å²) in [7, 11) is 0. The molecule has 140 valence electrons. The highest BCUT2D eigenvalue weighted by atomic mass is 79.9. The fourth-order valence-corrected chi connectivity index (χ4v) is 4.03. The average molecular weight is 555 g/mol. The average Bonchev–Trinajstić information content (AvgIpc) is 2.47. The van der Waals surface area contributed by atoms with Gasteiger partial charge in [-0.15, -0.1) is 0 Å². The van der Waals surface area contributed by atoms with Crippen molar-refractivity contribution in [1.82, 2.24) is 10.6 Å². The molecule has 4 nitrogen and oxygen atoms in total. The van der Waals surface area contributed by atoms with Crippen molar-refractivity contribution in [2.45, 2.75) is 43.1 Å². The molecule has 0 aliphatic carbocycles. The number of amides is 1. The molecule has 1 rings (SSSR count). The van der Waals surface area contributed by atoms with Crippen molar-refractivity contribution in [2.75, 3.05) is 5.32 Å². The number of benzene rings is 1. The minimum absolute atomic E-state index is 0.206. The summed E-state index contributed by atoms with van der Waals surface area (Å²) in [5.74, 6) is -0.217. The maximum Gasteiger partial charge on any atom is 0.228 e. The summed E-state index contributed by atoms with van der Waals surface area (Å²) >= 11 is 30.1. The third kappa shape index (κ3) is 8.18. The molecule has 0 unspecified atom stereocenters. The number of halogens is 5. The molecule has 0 radical (unpaired) electrons. The van der Waals surface area contributed by atoms with Crippen LogP contribution in [0.1, 0.15) is 31.7 Å². The second-order valence-corrected chi connectivity index (χ2v) is 9.83. The fraction of sp³-hybridized carbons (Fsp3) is 0.467. The molecule has 0 fully saturated rings. The monoisotopic (exact) mass is 551 g/mol. The molecule has 0 heterocycles. The fourth-order valence-electron chi connectivity index (χ4n) is 1.87. The van der Waals surface area contributed by atoms with E-state index < -0.39 is 9.96 Å². The van der Waals surface area contributed by atoms with Crippen molar-refractivity contribution in [1.29, 1.82) is 0 Å². The Bertz CT molecular complexity index is 618. The standard InChI is InChI=1S/C15H18Br2Cl3N3OS/c1-3-4-5-11(24)21-13(15(18,19)20)23-14(25)22-12-9(16)6-8(2)7-10(12)17/h6-7,13H,3-5H2,1-2H3,(H,21,24)(H2,22,23,25)/t13-/m1/s1. The molecular weight excluding hydrogens is 536 g/mol. The van der Waals surface area contributed by atoms with Crippen molar-refractivity contribution in [3.8, 4) is 0 Å². The van der Waals surface area contributed by atoms with Crippen LogP contribution in [0.4, 0.5) is 5.69 Å². The van der Waals surface area contributed by atoms with Crippen LogP contribution < -0.4 is 16.0 Å². The normalized spacial score (nSPS) is 12.4. The van der Waals surface area contributed by atoms with Gasteiger partial charge in [-0.1, -0.05) is 48.1 Å². The molecule has 10 heteroatoms. The number of alkyl halides is 3. The Kier molecular flexibility index (Phi) is 9.78. The number of rotatable bonds is 6. The first-order valence-electron chi connectivity index (χ1n) is 7.43. The zero-order valence-corrected chi connectivity index (χ0v) is 19.8. The Morgan fingerprint density at radius 3 is 2.28 bits per heavy atom. The van der Waals surface area contributed by atoms with Crippen LogP contribution in [-0.2, 0) is 4.79 Å². The van der Waals surface area contributed by atoms with Crippen LogP contribution in [-0.4, -0.2) is 21.0 Å². The predicted octanol–water partition coefficient (Wildman–Crippen LogP) is 5.81. The third-order valence-electron chi connectivity index (χ3n) is 3.09. The van der Waals surface area contributed by atoms with E-state index in [0.717, 1.165) is 33.0 Å². The molecule has 0 spiro atoms. The van der Waals surface area contributed by atoms with E-state index in [-0.39, 0.29) is 11.0 Å². The van der Waals surface area contributed by atoms with E-state index in [1.807, 2.05) is 26.0 Å². The van der Waals surface area contributed by atoms with Gasteiger partial charge >= 0.3 is 0 Å². The van der Waals surface area contributed by atoms with Crippen molar-refractivity contribution in [3.63, 3.8) is 0 Å². The second kappa shape index (κ2) is 10.5. The van der Waals surface area contributed by atoms with Gasteiger partial charge in [0.25, 0.3) is 0 Å². The van der Waals surface area contributed by atoms with Crippen LogP contribution in [0.2, 0.25) is 0 Å². The molecule has 0 aliphatic rings. The van der Waals surface area contributed by atoms with Crippen molar-refractivity contribution < 1.29 is 4.79 Å². The largest absolute Gasteiger partial charge is 0.339 e. The van der Waals surface area contributed by atoms with Gasteiger partial charge in [0.15, 0.2) is 5.11 Å². The highest BCUT2D eigenvalue weighted by Gasteiger charge is 2.34. The number of nitrogens with one attached hydrogen (secondary N) is 3. The minimum atomic E-state index is -1.77. The highest BCUT2D eigenvalue weighted by Crippen LogP contribution is 2.33. The van der Waals surface area contributed by atoms with Crippen LogP contribution in [0, 0.1) is 6.92 Å². The van der Waals surface area contributed by atoms with Crippen LogP contribution in [0.3, 0.4) is 0 Å². The Labute approximate surface area is 185 Å². The maximum absolute atomic E-state index is 11.9. The lowest BCUT2D eigenvalue weighted by atomic mass is 10.2. The van der Waals surface area contributed by atoms with E-state index in [0.29, 0.717) is 6.42 Å². The van der Waals surface area contributed by atoms with Gasteiger partial charge in [0, 0.05) is 15.4 Å². The number of hydrogen-bond acceptors (Lipinski definition) is 2. The number of unbranched alkanes of at least 4 members (excludes halogenated alkanes) is 1. The van der Waals surface area contributed by atoms with Gasteiger partial charge in [-0.05, 0) is 75.1 Å². The molecule has 1 aromatic rings. The van der Waals surface area contributed by atoms with Crippen LogP contribution in [0.5, 0.6) is 0 Å². The molecule has 1 atom stereocenters. The third-order valence-corrected chi connectivity index (χ3v) is 5.22. The SMILES string of the molecule is CCCCC(=O)N[C@H](NC(=S)Nc1c(Br)cc(C)cc1Br)C(Cl)(Cl)Cl. The Balaban J connectivity index is 2.81. The summed E-state index contributed by atoms with van der Waals surface area (Å²) in [5, 5.41) is 8.71. The molecule has 1 aromatic carbocycles. The number of aryl methyl sites for hydroxylation is 1. The highest BCUT2D eigenvalue weighted by molar-refractivity contribution is 9.11. The van der Waals surface area contributed by atoms with Crippen LogP contribution >= 0.6 is 78.9 Å². The van der Waals surface area contributed by atoms with Gasteiger partial charge < -0.3 is 16.0 Å². The first kappa shape index (κ1) is 23.2. The lowest BCUT2D eigenvalue weighted by Crippen LogP contribution is -2.56. The van der Waals surface area contributed by atoms with E-state index in [2.05, 4.69) is 47.8 Å². The van der Waals surface area contributed by atoms with Gasteiger partial charge in [-0.3, -0.25) is 4.79 Å². The Hall–Kier alpha value is 0.210. The number of anilines is 1. The van der Waals surface area contributed by atoms with Gasteiger partial charge in [-0.2, -0.15) is 0 Å². The molecule has 0 saturated carbocycles. The van der Waals surface area contributed by atoms with Gasteiger partial charge in [-0.25, -0.2) is 0 Å². The molecule has 0 bridgehead atoms.